The standard InChI is InChI=1S/C35H40F3N9O2/c1-34(2,35(36,37)38)33-42-30(43-44-33)17-40-32(49)29-15-28(29)25-9-7-23(8-10-25)22-3-5-24(6-4-22)26-16-41-47(18-26)27-19-45(20-27)21-31(48)46-13-11-39-12-14-46/h3-10,16,18,27-29,39H,11-15,17,19-21H2,1-2H3,(H,40,49)(H,42,43,44)/t28-,29+/m1/s1. The van der Waals surface area contributed by atoms with Gasteiger partial charge in [0.2, 0.25) is 11.8 Å². The molecule has 4 aromatic rings. The number of nitrogens with one attached hydrogen (secondary N) is 3. The van der Waals surface area contributed by atoms with Crippen LogP contribution in [0.5, 0.6) is 0 Å². The Morgan fingerprint density at radius 1 is 0.939 bits per heavy atom. The number of alkyl halides is 3. The van der Waals surface area contributed by atoms with Crippen LogP contribution >= 0.6 is 0 Å². The number of carbonyl (C=O) groups is 2. The van der Waals surface area contributed by atoms with Crippen LogP contribution in [-0.2, 0) is 21.5 Å². The molecule has 2 amide bonds. The number of H-pyrrole nitrogens is 1. The zero-order valence-electron chi connectivity index (χ0n) is 27.5. The van der Waals surface area contributed by atoms with Crippen molar-refractivity contribution < 1.29 is 22.8 Å². The molecular weight excluding hydrogens is 635 g/mol. The number of aromatic amines is 1. The number of amides is 2. The molecule has 0 unspecified atom stereocenters. The lowest BCUT2D eigenvalue weighted by atomic mass is 9.92. The van der Waals surface area contributed by atoms with Gasteiger partial charge in [0.1, 0.15) is 11.2 Å². The molecule has 3 aliphatic rings. The average Bonchev–Trinajstić information content (AvgIpc) is 3.47. The van der Waals surface area contributed by atoms with E-state index in [1.54, 1.807) is 0 Å². The van der Waals surface area contributed by atoms with Crippen LogP contribution in [0.3, 0.4) is 0 Å². The summed E-state index contributed by atoms with van der Waals surface area (Å²) >= 11 is 0. The Kier molecular flexibility index (Phi) is 8.78. The highest BCUT2D eigenvalue weighted by Gasteiger charge is 2.51. The van der Waals surface area contributed by atoms with Gasteiger partial charge in [0.05, 0.1) is 25.3 Å². The molecule has 3 N–H and O–H groups in total. The minimum atomic E-state index is -4.49. The smallest absolute Gasteiger partial charge is 0.349 e. The molecule has 1 saturated carbocycles. The summed E-state index contributed by atoms with van der Waals surface area (Å²) in [6, 6.07) is 16.8. The fourth-order valence-electron chi connectivity index (χ4n) is 6.44. The number of hydrogen-bond acceptors (Lipinski definition) is 7. The molecule has 0 radical (unpaired) electrons. The van der Waals surface area contributed by atoms with Gasteiger partial charge in [-0.15, -0.1) is 0 Å². The molecule has 11 nitrogen and oxygen atoms in total. The van der Waals surface area contributed by atoms with Crippen molar-refractivity contribution in [2.45, 2.75) is 50.4 Å². The summed E-state index contributed by atoms with van der Waals surface area (Å²) in [6.07, 6.45) is 0.182. The second-order valence-electron chi connectivity index (χ2n) is 13.8. The van der Waals surface area contributed by atoms with Crippen LogP contribution in [0.1, 0.15) is 49.4 Å². The maximum absolute atomic E-state index is 13.3. The van der Waals surface area contributed by atoms with Gasteiger partial charge in [0.25, 0.3) is 0 Å². The Morgan fingerprint density at radius 2 is 1.57 bits per heavy atom. The third kappa shape index (κ3) is 6.97. The highest BCUT2D eigenvalue weighted by molar-refractivity contribution is 5.83. The first-order valence-electron chi connectivity index (χ1n) is 16.7. The highest BCUT2D eigenvalue weighted by Crippen LogP contribution is 2.48. The first-order chi connectivity index (χ1) is 23.5. The number of nitrogens with zero attached hydrogens (tertiary/aromatic N) is 6. The van der Waals surface area contributed by atoms with Crippen molar-refractivity contribution in [1.82, 2.24) is 45.4 Å². The Bertz CT molecular complexity index is 1790. The van der Waals surface area contributed by atoms with E-state index in [-0.39, 0.29) is 47.9 Å². The molecule has 2 saturated heterocycles. The van der Waals surface area contributed by atoms with Crippen molar-refractivity contribution in [3.05, 3.63) is 78.1 Å². The van der Waals surface area contributed by atoms with Crippen LogP contribution in [0.4, 0.5) is 13.2 Å². The van der Waals surface area contributed by atoms with Crippen molar-refractivity contribution >= 4 is 11.8 Å². The van der Waals surface area contributed by atoms with E-state index in [2.05, 4.69) is 78.4 Å². The first kappa shape index (κ1) is 33.0. The van der Waals surface area contributed by atoms with Crippen LogP contribution in [0.15, 0.2) is 60.9 Å². The predicted molar refractivity (Wildman–Crippen MR) is 176 cm³/mol. The fraction of sp³-hybridized carbons (Fsp3) is 0.457. The summed E-state index contributed by atoms with van der Waals surface area (Å²) in [5, 5.41) is 16.9. The molecule has 0 bridgehead atoms. The summed E-state index contributed by atoms with van der Waals surface area (Å²) < 4.78 is 41.9. The number of benzene rings is 2. The predicted octanol–water partition coefficient (Wildman–Crippen LogP) is 3.88. The molecule has 2 aromatic heterocycles. The largest absolute Gasteiger partial charge is 0.401 e. The molecule has 7 rings (SSSR count). The summed E-state index contributed by atoms with van der Waals surface area (Å²) in [6.45, 7) is 7.41. The lowest BCUT2D eigenvalue weighted by Gasteiger charge is -2.40. The summed E-state index contributed by atoms with van der Waals surface area (Å²) in [5.74, 6) is -0.222. The van der Waals surface area contributed by atoms with Crippen molar-refractivity contribution in [1.29, 1.82) is 0 Å². The van der Waals surface area contributed by atoms with Crippen LogP contribution < -0.4 is 10.6 Å². The minimum Gasteiger partial charge on any atom is -0.349 e. The van der Waals surface area contributed by atoms with Gasteiger partial charge in [0, 0.05) is 56.9 Å². The summed E-state index contributed by atoms with van der Waals surface area (Å²) in [7, 11) is 0. The Labute approximate surface area is 282 Å². The maximum atomic E-state index is 13.3. The first-order valence-corrected chi connectivity index (χ1v) is 16.7. The van der Waals surface area contributed by atoms with Gasteiger partial charge in [0.15, 0.2) is 5.82 Å². The lowest BCUT2D eigenvalue weighted by Crippen LogP contribution is -2.54. The molecule has 14 heteroatoms. The van der Waals surface area contributed by atoms with E-state index in [1.807, 2.05) is 27.9 Å². The average molecular weight is 676 g/mol. The SMILES string of the molecule is CC(C)(c1n[nH]c(CNC(=O)[C@H]2C[C@@H]2c2ccc(-c3ccc(-c4cnn(C5CN(CC(=O)N6CCNCC6)C5)c4)cc3)cc2)n1)C(F)(F)F. The topological polar surface area (TPSA) is 124 Å². The molecule has 4 heterocycles. The molecule has 49 heavy (non-hydrogen) atoms. The molecule has 2 atom stereocenters. The molecule has 3 fully saturated rings. The molecular formula is C35H40F3N9O2. The number of likely N-dealkylation sites (tertiary alicyclic amines) is 1. The number of aromatic nitrogens is 5. The van der Waals surface area contributed by atoms with Gasteiger partial charge >= 0.3 is 6.18 Å². The van der Waals surface area contributed by atoms with E-state index in [4.69, 9.17) is 0 Å². The second-order valence-corrected chi connectivity index (χ2v) is 13.8. The van der Waals surface area contributed by atoms with Gasteiger partial charge in [-0.3, -0.25) is 24.3 Å². The molecule has 258 valence electrons. The second kappa shape index (κ2) is 13.0. The van der Waals surface area contributed by atoms with E-state index in [1.165, 1.54) is 0 Å². The van der Waals surface area contributed by atoms with Crippen molar-refractivity contribution in [2.75, 3.05) is 45.8 Å². The summed E-state index contributed by atoms with van der Waals surface area (Å²) in [4.78, 5) is 33.4. The number of piperazine rings is 1. The normalized spacial score (nSPS) is 20.2. The number of carbonyl (C=O) groups excluding carboxylic acids is 2. The number of halogens is 3. The Balaban J connectivity index is 0.880. The van der Waals surface area contributed by atoms with Crippen molar-refractivity contribution in [2.24, 2.45) is 5.92 Å². The third-order valence-electron chi connectivity index (χ3n) is 9.99. The molecule has 0 spiro atoms. The zero-order chi connectivity index (χ0) is 34.3. The molecule has 2 aliphatic heterocycles. The van der Waals surface area contributed by atoms with Gasteiger partial charge < -0.3 is 15.5 Å². The Morgan fingerprint density at radius 3 is 2.22 bits per heavy atom. The van der Waals surface area contributed by atoms with E-state index in [9.17, 15) is 22.8 Å². The number of hydrogen-bond donors (Lipinski definition) is 3. The van der Waals surface area contributed by atoms with Crippen molar-refractivity contribution in [3.8, 4) is 22.3 Å². The van der Waals surface area contributed by atoms with Gasteiger partial charge in [-0.25, -0.2) is 4.98 Å². The minimum absolute atomic E-state index is 0.0165. The quantitative estimate of drug-likeness (QED) is 0.233. The lowest BCUT2D eigenvalue weighted by molar-refractivity contribution is -0.182. The van der Waals surface area contributed by atoms with Crippen LogP contribution in [0, 0.1) is 5.92 Å². The van der Waals surface area contributed by atoms with E-state index < -0.39 is 11.6 Å². The monoisotopic (exact) mass is 675 g/mol. The van der Waals surface area contributed by atoms with E-state index in [0.717, 1.165) is 80.9 Å². The summed E-state index contributed by atoms with van der Waals surface area (Å²) in [5.41, 5.74) is 3.15. The van der Waals surface area contributed by atoms with Gasteiger partial charge in [-0.2, -0.15) is 23.4 Å². The van der Waals surface area contributed by atoms with Crippen molar-refractivity contribution in [3.63, 3.8) is 0 Å². The van der Waals surface area contributed by atoms with Crippen LogP contribution in [0.25, 0.3) is 22.3 Å². The Hall–Kier alpha value is -4.56. The highest BCUT2D eigenvalue weighted by atomic mass is 19.4. The van der Waals surface area contributed by atoms with Gasteiger partial charge in [-0.1, -0.05) is 48.5 Å². The van der Waals surface area contributed by atoms with Crippen LogP contribution in [-0.4, -0.2) is 98.6 Å². The van der Waals surface area contributed by atoms with E-state index in [0.29, 0.717) is 13.0 Å². The molecule has 2 aromatic carbocycles. The number of rotatable bonds is 10. The zero-order valence-corrected chi connectivity index (χ0v) is 27.5. The third-order valence-corrected chi connectivity index (χ3v) is 9.99. The fourth-order valence-corrected chi connectivity index (χ4v) is 6.44. The maximum Gasteiger partial charge on any atom is 0.401 e. The van der Waals surface area contributed by atoms with E-state index >= 15 is 0 Å². The molecule has 1 aliphatic carbocycles. The van der Waals surface area contributed by atoms with Crippen LogP contribution in [0.2, 0.25) is 0 Å². The van der Waals surface area contributed by atoms with Gasteiger partial charge in [-0.05, 0) is 48.4 Å².